The summed E-state index contributed by atoms with van der Waals surface area (Å²) >= 11 is 18.2. The Labute approximate surface area is 342 Å². The highest BCUT2D eigenvalue weighted by Gasteiger charge is 2.46. The van der Waals surface area contributed by atoms with Crippen molar-refractivity contribution in [2.45, 2.75) is 70.0 Å². The van der Waals surface area contributed by atoms with E-state index in [1.54, 1.807) is 31.4 Å². The van der Waals surface area contributed by atoms with Crippen LogP contribution in [-0.2, 0) is 47.8 Å². The summed E-state index contributed by atoms with van der Waals surface area (Å²) in [7, 11) is 1.62. The van der Waals surface area contributed by atoms with E-state index in [9.17, 15) is 19.5 Å². The molecule has 1 aliphatic rings. The second-order valence-electron chi connectivity index (χ2n) is 13.7. The number of methoxy groups -OCH3 is 1. The summed E-state index contributed by atoms with van der Waals surface area (Å²) in [6.07, 6.45) is 0.505. The van der Waals surface area contributed by atoms with Crippen molar-refractivity contribution in [3.8, 4) is 5.75 Å². The minimum atomic E-state index is -1.47. The van der Waals surface area contributed by atoms with Crippen LogP contribution in [0.5, 0.6) is 5.75 Å². The number of rotatable bonds is 24. The van der Waals surface area contributed by atoms with Crippen LogP contribution in [-0.4, -0.2) is 111 Å². The van der Waals surface area contributed by atoms with Crippen molar-refractivity contribution in [2.24, 2.45) is 11.7 Å². The number of hydrogen-bond donors (Lipinski definition) is 6. The second-order valence-corrected chi connectivity index (χ2v) is 15.1. The standard InChI is InChI=1S/C39H53Cl2N5O9S/c1-4-24(2)33(35(42)56)45-37(48)39(12-11-31-29(23-39)28-21-26(40)22-30(41)34(28)43-31)46-36(47)32(44-38(49)50)10-7-25-5-8-27(9-6-25)55-20-19-54-18-17-53-16-15-52-14-13-51-3/h5-6,8-9,21-22,24,32-33,43-44H,4,7,10-20,23H2,1-3H3,(H2,42,56)(H,45,48)(H,46,47)(H,49,50)/t24?,32-,33-,39+/m0/s1. The number of nitrogens with one attached hydrogen (secondary N) is 4. The monoisotopic (exact) mass is 837 g/mol. The third kappa shape index (κ3) is 12.9. The molecule has 14 nitrogen and oxygen atoms in total. The lowest BCUT2D eigenvalue weighted by Crippen LogP contribution is -2.66. The van der Waals surface area contributed by atoms with Crippen molar-refractivity contribution in [1.82, 2.24) is 20.9 Å². The number of aryl methyl sites for hydroxylation is 2. The molecule has 1 unspecified atom stereocenters. The number of fused-ring (bicyclic) bond motifs is 3. The number of carbonyl (C=O) groups excluding carboxylic acids is 2. The van der Waals surface area contributed by atoms with E-state index in [1.807, 2.05) is 26.0 Å². The first-order valence-corrected chi connectivity index (χ1v) is 19.9. The van der Waals surface area contributed by atoms with Crippen molar-refractivity contribution in [3.63, 3.8) is 0 Å². The van der Waals surface area contributed by atoms with Crippen molar-refractivity contribution in [2.75, 3.05) is 60.0 Å². The Kier molecular flexibility index (Phi) is 17.9. The minimum Gasteiger partial charge on any atom is -0.491 e. The van der Waals surface area contributed by atoms with E-state index in [0.29, 0.717) is 93.4 Å². The van der Waals surface area contributed by atoms with Crippen LogP contribution in [0.4, 0.5) is 4.79 Å². The van der Waals surface area contributed by atoms with Gasteiger partial charge >= 0.3 is 6.09 Å². The van der Waals surface area contributed by atoms with E-state index in [-0.39, 0.29) is 30.2 Å². The molecule has 0 radical (unpaired) electrons. The molecule has 0 saturated heterocycles. The molecule has 7 N–H and O–H groups in total. The maximum Gasteiger partial charge on any atom is 0.405 e. The maximum atomic E-state index is 14.4. The average molecular weight is 839 g/mol. The number of amides is 3. The Morgan fingerprint density at radius 1 is 0.982 bits per heavy atom. The third-order valence-electron chi connectivity index (χ3n) is 9.84. The minimum absolute atomic E-state index is 0.0754. The molecule has 0 bridgehead atoms. The zero-order valence-corrected chi connectivity index (χ0v) is 34.4. The number of hydrogen-bond acceptors (Lipinski definition) is 9. The first kappa shape index (κ1) is 45.0. The number of thiocarbonyl (C=S) groups is 1. The van der Waals surface area contributed by atoms with Crippen LogP contribution in [0.25, 0.3) is 10.9 Å². The molecule has 0 fully saturated rings. The normalized spacial score (nSPS) is 16.7. The Balaban J connectivity index is 1.39. The number of carboxylic acid groups (broad SMARTS) is 1. The summed E-state index contributed by atoms with van der Waals surface area (Å²) in [6, 6.07) is 8.91. The van der Waals surface area contributed by atoms with Gasteiger partial charge in [0.1, 0.15) is 23.9 Å². The molecule has 0 aliphatic heterocycles. The van der Waals surface area contributed by atoms with Crippen LogP contribution in [0.2, 0.25) is 10.0 Å². The fourth-order valence-corrected chi connectivity index (χ4v) is 7.38. The van der Waals surface area contributed by atoms with Gasteiger partial charge in [0, 0.05) is 29.6 Å². The van der Waals surface area contributed by atoms with Gasteiger partial charge in [0.2, 0.25) is 11.8 Å². The highest BCUT2D eigenvalue weighted by atomic mass is 35.5. The van der Waals surface area contributed by atoms with E-state index < -0.39 is 35.5 Å². The van der Waals surface area contributed by atoms with Crippen molar-refractivity contribution < 1.29 is 43.2 Å². The van der Waals surface area contributed by atoms with Gasteiger partial charge in [-0.25, -0.2) is 4.79 Å². The molecule has 17 heteroatoms. The zero-order chi connectivity index (χ0) is 40.7. The number of carbonyl (C=O) groups is 3. The Bertz CT molecular complexity index is 1780. The number of nitrogens with two attached hydrogens (primary N) is 1. The largest absolute Gasteiger partial charge is 0.491 e. The lowest BCUT2D eigenvalue weighted by atomic mass is 9.78. The van der Waals surface area contributed by atoms with Gasteiger partial charge < -0.3 is 55.5 Å². The van der Waals surface area contributed by atoms with Crippen LogP contribution in [0.15, 0.2) is 36.4 Å². The number of halogens is 2. The molecular formula is C39H53Cl2N5O9S. The summed E-state index contributed by atoms with van der Waals surface area (Å²) in [5.41, 5.74) is 7.79. The van der Waals surface area contributed by atoms with E-state index in [1.165, 1.54) is 0 Å². The van der Waals surface area contributed by atoms with Gasteiger partial charge in [0.15, 0.2) is 0 Å². The average Bonchev–Trinajstić information content (AvgIpc) is 3.53. The second kappa shape index (κ2) is 22.3. The molecule has 1 aromatic heterocycles. The quantitative estimate of drug-likeness (QED) is 0.0526. The molecule has 2 aromatic carbocycles. The Morgan fingerprint density at radius 2 is 1.62 bits per heavy atom. The molecule has 1 aliphatic carbocycles. The highest BCUT2D eigenvalue weighted by molar-refractivity contribution is 7.80. The first-order valence-electron chi connectivity index (χ1n) is 18.7. The molecular weight excluding hydrogens is 785 g/mol. The smallest absolute Gasteiger partial charge is 0.405 e. The fourth-order valence-electron chi connectivity index (χ4n) is 6.54. The number of aromatic nitrogens is 1. The summed E-state index contributed by atoms with van der Waals surface area (Å²) < 4.78 is 27.0. The van der Waals surface area contributed by atoms with Gasteiger partial charge in [0.25, 0.3) is 0 Å². The highest BCUT2D eigenvalue weighted by Crippen LogP contribution is 2.38. The molecule has 3 aromatic rings. The van der Waals surface area contributed by atoms with Crippen LogP contribution in [0, 0.1) is 5.92 Å². The van der Waals surface area contributed by atoms with Gasteiger partial charge in [-0.2, -0.15) is 0 Å². The molecule has 56 heavy (non-hydrogen) atoms. The fraction of sp³-hybridized carbons (Fsp3) is 0.538. The van der Waals surface area contributed by atoms with Crippen molar-refractivity contribution in [3.05, 3.63) is 63.3 Å². The van der Waals surface area contributed by atoms with Crippen molar-refractivity contribution >= 4 is 69.2 Å². The van der Waals surface area contributed by atoms with E-state index in [0.717, 1.165) is 22.2 Å². The summed E-state index contributed by atoms with van der Waals surface area (Å²) in [6.45, 7) is 7.56. The zero-order valence-electron chi connectivity index (χ0n) is 32.1. The van der Waals surface area contributed by atoms with Gasteiger partial charge in [-0.15, -0.1) is 0 Å². The number of H-pyrrole nitrogens is 1. The molecule has 4 atom stereocenters. The SMILES string of the molecule is CCC(C)[C@H](NC(=O)[C@@]1(NC(=O)[C@H](CCc2ccc(OCCOCCOCCOCCOC)cc2)NC(=O)O)CCc2[nH]c3c(Cl)cc(Cl)cc3c2C1)C(N)=S. The molecule has 4 rings (SSSR count). The molecule has 1 heterocycles. The number of aromatic amines is 1. The predicted molar refractivity (Wildman–Crippen MR) is 219 cm³/mol. The summed E-state index contributed by atoms with van der Waals surface area (Å²) in [4.78, 5) is 43.9. The third-order valence-corrected chi connectivity index (χ3v) is 10.6. The first-order chi connectivity index (χ1) is 26.9. The number of benzene rings is 2. The van der Waals surface area contributed by atoms with Gasteiger partial charge in [0.05, 0.1) is 67.8 Å². The van der Waals surface area contributed by atoms with Gasteiger partial charge in [-0.3, -0.25) is 9.59 Å². The Morgan fingerprint density at radius 3 is 2.23 bits per heavy atom. The molecule has 3 amide bonds. The number of ether oxygens (including phenoxy) is 5. The lowest BCUT2D eigenvalue weighted by Gasteiger charge is -2.39. The summed E-state index contributed by atoms with van der Waals surface area (Å²) in [5, 5.41) is 19.6. The predicted octanol–water partition coefficient (Wildman–Crippen LogP) is 4.98. The molecule has 0 spiro atoms. The topological polar surface area (TPSA) is 195 Å². The van der Waals surface area contributed by atoms with Crippen LogP contribution in [0.1, 0.15) is 49.9 Å². The lowest BCUT2D eigenvalue weighted by molar-refractivity contribution is -0.135. The van der Waals surface area contributed by atoms with Gasteiger partial charge in [-0.1, -0.05) is 67.8 Å². The van der Waals surface area contributed by atoms with E-state index in [4.69, 9.17) is 64.8 Å². The molecule has 0 saturated carbocycles. The van der Waals surface area contributed by atoms with Crippen LogP contribution < -0.4 is 26.4 Å². The van der Waals surface area contributed by atoms with E-state index >= 15 is 0 Å². The summed E-state index contributed by atoms with van der Waals surface area (Å²) in [5.74, 6) is -0.552. The van der Waals surface area contributed by atoms with Gasteiger partial charge in [-0.05, 0) is 67.0 Å². The van der Waals surface area contributed by atoms with Crippen molar-refractivity contribution in [1.29, 1.82) is 0 Å². The Hall–Kier alpha value is -3.70. The van der Waals surface area contributed by atoms with Crippen LogP contribution in [0.3, 0.4) is 0 Å². The maximum absolute atomic E-state index is 14.4. The van der Waals surface area contributed by atoms with Crippen LogP contribution >= 0.6 is 35.4 Å². The molecule has 308 valence electrons. The van der Waals surface area contributed by atoms with E-state index in [2.05, 4.69) is 20.9 Å².